The average molecular weight is 408 g/mol. The lowest BCUT2D eigenvalue weighted by Crippen LogP contribution is -2.46. The third kappa shape index (κ3) is 5.61. The predicted octanol–water partition coefficient (Wildman–Crippen LogP) is 4.76. The van der Waals surface area contributed by atoms with Gasteiger partial charge < -0.3 is 15.0 Å². The average Bonchev–Trinajstić information content (AvgIpc) is 3.16. The van der Waals surface area contributed by atoms with E-state index in [2.05, 4.69) is 22.2 Å². The molecule has 1 unspecified atom stereocenters. The summed E-state index contributed by atoms with van der Waals surface area (Å²) >= 11 is 0. The van der Waals surface area contributed by atoms with E-state index >= 15 is 0 Å². The van der Waals surface area contributed by atoms with E-state index in [-0.39, 0.29) is 5.91 Å². The zero-order valence-electron chi connectivity index (χ0n) is 17.9. The summed E-state index contributed by atoms with van der Waals surface area (Å²) < 4.78 is 5.82. The third-order valence-corrected chi connectivity index (χ3v) is 6.43. The van der Waals surface area contributed by atoms with Gasteiger partial charge in [0.25, 0.3) is 0 Å². The number of anilines is 1. The number of rotatable bonds is 7. The van der Waals surface area contributed by atoms with Crippen molar-refractivity contribution in [3.8, 4) is 11.5 Å². The summed E-state index contributed by atoms with van der Waals surface area (Å²) in [5.41, 5.74) is 0.810. The number of carbonyl (C=O) groups is 1. The Morgan fingerprint density at radius 2 is 1.67 bits per heavy atom. The van der Waals surface area contributed by atoms with Crippen LogP contribution in [0.25, 0.3) is 0 Å². The summed E-state index contributed by atoms with van der Waals surface area (Å²) in [5, 5.41) is 3.06. The molecule has 2 aliphatic rings. The number of ether oxygens (including phenoxy) is 1. The van der Waals surface area contributed by atoms with Crippen molar-refractivity contribution < 1.29 is 9.53 Å². The minimum Gasteiger partial charge on any atom is -0.457 e. The van der Waals surface area contributed by atoms with Crippen LogP contribution in [0.15, 0.2) is 54.6 Å². The first-order chi connectivity index (χ1) is 14.7. The van der Waals surface area contributed by atoms with Crippen LogP contribution in [0.2, 0.25) is 0 Å². The highest BCUT2D eigenvalue weighted by atomic mass is 16.5. The maximum atomic E-state index is 12.7. The first-order valence-corrected chi connectivity index (χ1v) is 11.2. The zero-order valence-corrected chi connectivity index (χ0v) is 17.9. The van der Waals surface area contributed by atoms with Gasteiger partial charge in [0.2, 0.25) is 5.91 Å². The van der Waals surface area contributed by atoms with Crippen LogP contribution in [0.4, 0.5) is 5.69 Å². The minimum absolute atomic E-state index is 0.0680. The minimum atomic E-state index is 0.0680. The molecule has 30 heavy (non-hydrogen) atoms. The van der Waals surface area contributed by atoms with E-state index < -0.39 is 0 Å². The molecule has 5 nitrogen and oxygen atoms in total. The molecule has 2 heterocycles. The number of benzene rings is 2. The normalized spacial score (nSPS) is 22.7. The molecular weight excluding hydrogens is 374 g/mol. The molecule has 0 aromatic heterocycles. The molecule has 4 rings (SSSR count). The lowest BCUT2D eigenvalue weighted by molar-refractivity contribution is -0.118. The maximum absolute atomic E-state index is 12.7. The van der Waals surface area contributed by atoms with E-state index in [4.69, 9.17) is 4.74 Å². The molecule has 0 spiro atoms. The van der Waals surface area contributed by atoms with E-state index in [1.54, 1.807) is 0 Å². The summed E-state index contributed by atoms with van der Waals surface area (Å²) in [4.78, 5) is 17.6. The highest BCUT2D eigenvalue weighted by molar-refractivity contribution is 5.92. The Morgan fingerprint density at radius 3 is 2.40 bits per heavy atom. The van der Waals surface area contributed by atoms with E-state index in [0.717, 1.165) is 23.7 Å². The van der Waals surface area contributed by atoms with E-state index in [9.17, 15) is 4.79 Å². The highest BCUT2D eigenvalue weighted by Crippen LogP contribution is 2.27. The van der Waals surface area contributed by atoms with Gasteiger partial charge in [-0.1, -0.05) is 24.6 Å². The SMILES string of the molecule is CN1CCCC1C[C@@H]1CCCCN1CC(=O)Nc1ccc(Oc2ccccc2)cc1. The summed E-state index contributed by atoms with van der Waals surface area (Å²) in [6.45, 7) is 2.71. The number of nitrogens with zero attached hydrogens (tertiary/aromatic N) is 2. The number of piperidine rings is 1. The van der Waals surface area contributed by atoms with Gasteiger partial charge in [0, 0.05) is 17.8 Å². The van der Waals surface area contributed by atoms with Gasteiger partial charge in [-0.05, 0) is 88.6 Å². The van der Waals surface area contributed by atoms with Crippen LogP contribution in [0.1, 0.15) is 38.5 Å². The van der Waals surface area contributed by atoms with Crippen molar-refractivity contribution in [2.75, 3.05) is 32.0 Å². The van der Waals surface area contributed by atoms with Crippen LogP contribution in [-0.4, -0.2) is 54.5 Å². The van der Waals surface area contributed by atoms with Crippen molar-refractivity contribution >= 4 is 11.6 Å². The Labute approximate surface area is 180 Å². The molecule has 2 aromatic carbocycles. The fourth-order valence-corrected chi connectivity index (χ4v) is 4.74. The Hall–Kier alpha value is -2.37. The van der Waals surface area contributed by atoms with E-state index in [0.29, 0.717) is 18.6 Å². The van der Waals surface area contributed by atoms with Crippen molar-refractivity contribution in [2.45, 2.75) is 50.6 Å². The standard InChI is InChI=1S/C25H33N3O2/c1-27-16-7-9-21(27)18-22-8-5-6-17-28(22)19-25(29)26-20-12-14-24(15-13-20)30-23-10-3-2-4-11-23/h2-4,10-15,21-22H,5-9,16-19H2,1H3,(H,26,29)/t21?,22-/m0/s1. The number of hydrogen-bond acceptors (Lipinski definition) is 4. The number of para-hydroxylation sites is 1. The fourth-order valence-electron chi connectivity index (χ4n) is 4.74. The Kier molecular flexibility index (Phi) is 7.03. The number of amides is 1. The highest BCUT2D eigenvalue weighted by Gasteiger charge is 2.30. The lowest BCUT2D eigenvalue weighted by Gasteiger charge is -2.37. The predicted molar refractivity (Wildman–Crippen MR) is 121 cm³/mol. The van der Waals surface area contributed by atoms with Gasteiger partial charge in [-0.3, -0.25) is 9.69 Å². The molecular formula is C25H33N3O2. The van der Waals surface area contributed by atoms with Gasteiger partial charge in [0.05, 0.1) is 6.54 Å². The molecule has 2 aliphatic heterocycles. The molecule has 0 radical (unpaired) electrons. The molecule has 5 heteroatoms. The maximum Gasteiger partial charge on any atom is 0.238 e. The summed E-state index contributed by atoms with van der Waals surface area (Å²) in [6, 6.07) is 18.5. The van der Waals surface area contributed by atoms with Crippen molar-refractivity contribution in [2.24, 2.45) is 0 Å². The summed E-state index contributed by atoms with van der Waals surface area (Å²) in [6.07, 6.45) is 7.47. The fraction of sp³-hybridized carbons (Fsp3) is 0.480. The molecule has 2 atom stereocenters. The molecule has 2 saturated heterocycles. The third-order valence-electron chi connectivity index (χ3n) is 6.43. The second-order valence-corrected chi connectivity index (χ2v) is 8.62. The van der Waals surface area contributed by atoms with Gasteiger partial charge in [0.1, 0.15) is 11.5 Å². The van der Waals surface area contributed by atoms with E-state index in [1.165, 1.54) is 45.1 Å². The quantitative estimate of drug-likeness (QED) is 0.719. The second-order valence-electron chi connectivity index (χ2n) is 8.62. The molecule has 2 fully saturated rings. The largest absolute Gasteiger partial charge is 0.457 e. The van der Waals surface area contributed by atoms with Crippen molar-refractivity contribution in [1.29, 1.82) is 0 Å². The Balaban J connectivity index is 1.29. The van der Waals surface area contributed by atoms with Crippen LogP contribution >= 0.6 is 0 Å². The number of nitrogens with one attached hydrogen (secondary N) is 1. The molecule has 160 valence electrons. The summed E-state index contributed by atoms with van der Waals surface area (Å²) in [5.74, 6) is 1.63. The number of carbonyl (C=O) groups excluding carboxylic acids is 1. The van der Waals surface area contributed by atoms with Gasteiger partial charge in [-0.25, -0.2) is 0 Å². The van der Waals surface area contributed by atoms with Crippen LogP contribution in [0, 0.1) is 0 Å². The lowest BCUT2D eigenvalue weighted by atomic mass is 9.95. The van der Waals surface area contributed by atoms with Gasteiger partial charge in [0.15, 0.2) is 0 Å². The number of likely N-dealkylation sites (tertiary alicyclic amines) is 2. The van der Waals surface area contributed by atoms with E-state index in [1.807, 2.05) is 54.6 Å². The van der Waals surface area contributed by atoms with Crippen LogP contribution in [0.5, 0.6) is 11.5 Å². The van der Waals surface area contributed by atoms with Crippen molar-refractivity contribution in [3.63, 3.8) is 0 Å². The monoisotopic (exact) mass is 407 g/mol. The zero-order chi connectivity index (χ0) is 20.8. The molecule has 2 aromatic rings. The summed E-state index contributed by atoms with van der Waals surface area (Å²) in [7, 11) is 2.24. The Bertz CT molecular complexity index is 809. The molecule has 1 amide bonds. The van der Waals surface area contributed by atoms with Gasteiger partial charge in [-0.2, -0.15) is 0 Å². The van der Waals surface area contributed by atoms with Gasteiger partial charge in [-0.15, -0.1) is 0 Å². The van der Waals surface area contributed by atoms with Crippen molar-refractivity contribution in [3.05, 3.63) is 54.6 Å². The second kappa shape index (κ2) is 10.1. The van der Waals surface area contributed by atoms with Crippen molar-refractivity contribution in [1.82, 2.24) is 9.80 Å². The number of hydrogen-bond donors (Lipinski definition) is 1. The van der Waals surface area contributed by atoms with Gasteiger partial charge >= 0.3 is 0 Å². The van der Waals surface area contributed by atoms with Crippen LogP contribution in [0.3, 0.4) is 0 Å². The topological polar surface area (TPSA) is 44.8 Å². The smallest absolute Gasteiger partial charge is 0.238 e. The molecule has 1 N–H and O–H groups in total. The molecule has 0 saturated carbocycles. The molecule has 0 bridgehead atoms. The van der Waals surface area contributed by atoms with Crippen LogP contribution < -0.4 is 10.1 Å². The van der Waals surface area contributed by atoms with Crippen LogP contribution in [-0.2, 0) is 4.79 Å². The Morgan fingerprint density at radius 1 is 0.933 bits per heavy atom. The first kappa shape index (κ1) is 20.9. The first-order valence-electron chi connectivity index (χ1n) is 11.2. The molecule has 0 aliphatic carbocycles.